The lowest BCUT2D eigenvalue weighted by Gasteiger charge is -2.15. The van der Waals surface area contributed by atoms with E-state index in [1.54, 1.807) is 30.5 Å². The molecule has 0 bridgehead atoms. The van der Waals surface area contributed by atoms with Gasteiger partial charge in [-0.3, -0.25) is 4.98 Å². The van der Waals surface area contributed by atoms with Crippen LogP contribution in [-0.4, -0.2) is 22.8 Å². The van der Waals surface area contributed by atoms with Gasteiger partial charge in [0.1, 0.15) is 6.10 Å². The zero-order valence-corrected chi connectivity index (χ0v) is 16.6. The molecule has 2 aromatic carbocycles. The highest BCUT2D eigenvalue weighted by molar-refractivity contribution is 7.89. The minimum atomic E-state index is -3.57. The predicted molar refractivity (Wildman–Crippen MR) is 107 cm³/mol. The SMILES string of the molecule is Cc1ccc(S(=O)(=O)N2Cc3cnc(C(O)c4cccc(C)c4)cc3C2)cc1. The predicted octanol–water partition coefficient (Wildman–Crippen LogP) is 3.48. The highest BCUT2D eigenvalue weighted by Gasteiger charge is 2.31. The van der Waals surface area contributed by atoms with Gasteiger partial charge in [-0.1, -0.05) is 47.5 Å². The molecule has 1 unspecified atom stereocenters. The zero-order chi connectivity index (χ0) is 19.9. The maximum atomic E-state index is 12.9. The molecule has 0 amide bonds. The lowest BCUT2D eigenvalue weighted by Crippen LogP contribution is -2.25. The fourth-order valence-electron chi connectivity index (χ4n) is 3.46. The van der Waals surface area contributed by atoms with Crippen LogP contribution in [0.3, 0.4) is 0 Å². The van der Waals surface area contributed by atoms with Crippen molar-refractivity contribution in [3.05, 3.63) is 94.3 Å². The molecule has 28 heavy (non-hydrogen) atoms. The second-order valence-corrected chi connectivity index (χ2v) is 9.22. The minimum absolute atomic E-state index is 0.279. The standard InChI is InChI=1S/C22H22N2O3S/c1-15-6-8-20(9-7-15)28(26,27)24-13-18-11-21(23-12-19(18)14-24)22(25)17-5-3-4-16(2)10-17/h3-12,22,25H,13-14H2,1-2H3. The summed E-state index contributed by atoms with van der Waals surface area (Å²) in [4.78, 5) is 4.68. The molecule has 6 heteroatoms. The number of aryl methyl sites for hydroxylation is 2. The van der Waals surface area contributed by atoms with Crippen molar-refractivity contribution in [1.82, 2.24) is 9.29 Å². The summed E-state index contributed by atoms with van der Waals surface area (Å²) in [5.41, 5.74) is 5.13. The first-order valence-corrected chi connectivity index (χ1v) is 10.6. The van der Waals surface area contributed by atoms with E-state index in [0.29, 0.717) is 17.1 Å². The van der Waals surface area contributed by atoms with E-state index >= 15 is 0 Å². The lowest BCUT2D eigenvalue weighted by molar-refractivity contribution is 0.215. The third-order valence-corrected chi connectivity index (χ3v) is 6.90. The molecule has 1 aromatic heterocycles. The number of rotatable bonds is 4. The van der Waals surface area contributed by atoms with Gasteiger partial charge in [-0.05, 0) is 48.7 Å². The molecule has 1 aliphatic heterocycles. The van der Waals surface area contributed by atoms with E-state index in [9.17, 15) is 13.5 Å². The number of hydrogen-bond donors (Lipinski definition) is 1. The van der Waals surface area contributed by atoms with Gasteiger partial charge in [0.05, 0.1) is 10.6 Å². The quantitative estimate of drug-likeness (QED) is 0.735. The summed E-state index contributed by atoms with van der Waals surface area (Å²) in [6.07, 6.45) is 0.835. The van der Waals surface area contributed by atoms with Gasteiger partial charge in [-0.2, -0.15) is 4.31 Å². The summed E-state index contributed by atoms with van der Waals surface area (Å²) in [6.45, 7) is 4.47. The van der Waals surface area contributed by atoms with Crippen LogP contribution in [0, 0.1) is 13.8 Å². The van der Waals surface area contributed by atoms with Crippen molar-refractivity contribution in [2.24, 2.45) is 0 Å². The summed E-state index contributed by atoms with van der Waals surface area (Å²) >= 11 is 0. The second kappa shape index (κ2) is 7.13. The normalized spacial score (nSPS) is 15.4. The van der Waals surface area contributed by atoms with Gasteiger partial charge in [0.15, 0.2) is 0 Å². The van der Waals surface area contributed by atoms with E-state index in [4.69, 9.17) is 0 Å². The van der Waals surface area contributed by atoms with E-state index in [2.05, 4.69) is 4.98 Å². The summed E-state index contributed by atoms with van der Waals surface area (Å²) < 4.78 is 27.3. The first-order valence-electron chi connectivity index (χ1n) is 9.14. The van der Waals surface area contributed by atoms with Gasteiger partial charge >= 0.3 is 0 Å². The molecule has 0 spiro atoms. The van der Waals surface area contributed by atoms with Crippen molar-refractivity contribution >= 4 is 10.0 Å². The summed E-state index contributed by atoms with van der Waals surface area (Å²) in [5.74, 6) is 0. The average Bonchev–Trinajstić information content (AvgIpc) is 3.12. The minimum Gasteiger partial charge on any atom is -0.382 e. The summed E-state index contributed by atoms with van der Waals surface area (Å²) in [7, 11) is -3.57. The zero-order valence-electron chi connectivity index (χ0n) is 15.8. The maximum Gasteiger partial charge on any atom is 0.243 e. The first kappa shape index (κ1) is 18.8. The molecular formula is C22H22N2O3S. The number of aromatic nitrogens is 1. The molecule has 1 N–H and O–H groups in total. The van der Waals surface area contributed by atoms with E-state index in [1.165, 1.54) is 4.31 Å². The topological polar surface area (TPSA) is 70.5 Å². The Balaban J connectivity index is 1.60. The molecule has 5 nitrogen and oxygen atoms in total. The van der Waals surface area contributed by atoms with Crippen molar-refractivity contribution in [3.8, 4) is 0 Å². The molecule has 0 aliphatic carbocycles. The number of aliphatic hydroxyl groups is 1. The largest absolute Gasteiger partial charge is 0.382 e. The Hall–Kier alpha value is -2.54. The second-order valence-electron chi connectivity index (χ2n) is 7.28. The Bertz CT molecular complexity index is 1120. The number of benzene rings is 2. The number of pyridine rings is 1. The van der Waals surface area contributed by atoms with E-state index in [-0.39, 0.29) is 6.54 Å². The highest BCUT2D eigenvalue weighted by atomic mass is 32.2. The average molecular weight is 394 g/mol. The molecule has 3 aromatic rings. The fraction of sp³-hybridized carbons (Fsp3) is 0.227. The summed E-state index contributed by atoms with van der Waals surface area (Å²) in [6, 6.07) is 16.3. The van der Waals surface area contributed by atoms with E-state index in [0.717, 1.165) is 27.8 Å². The third kappa shape index (κ3) is 3.46. The van der Waals surface area contributed by atoms with Crippen molar-refractivity contribution < 1.29 is 13.5 Å². The number of nitrogens with zero attached hydrogens (tertiary/aromatic N) is 2. The van der Waals surface area contributed by atoms with Gasteiger partial charge in [-0.25, -0.2) is 8.42 Å². The molecule has 1 aliphatic rings. The Morgan fingerprint density at radius 1 is 0.964 bits per heavy atom. The molecule has 0 saturated carbocycles. The molecule has 0 radical (unpaired) electrons. The van der Waals surface area contributed by atoms with E-state index < -0.39 is 16.1 Å². The van der Waals surface area contributed by atoms with E-state index in [1.807, 2.05) is 44.2 Å². The molecule has 0 saturated heterocycles. The Morgan fingerprint density at radius 3 is 2.39 bits per heavy atom. The van der Waals surface area contributed by atoms with Gasteiger partial charge in [-0.15, -0.1) is 0 Å². The molecule has 0 fully saturated rings. The summed E-state index contributed by atoms with van der Waals surface area (Å²) in [5, 5.41) is 10.7. The van der Waals surface area contributed by atoms with Crippen LogP contribution in [0.4, 0.5) is 0 Å². The number of sulfonamides is 1. The van der Waals surface area contributed by atoms with Crippen LogP contribution in [0.25, 0.3) is 0 Å². The van der Waals surface area contributed by atoms with Crippen LogP contribution >= 0.6 is 0 Å². The Labute approximate surface area is 165 Å². The van der Waals surface area contributed by atoms with Crippen LogP contribution in [0.5, 0.6) is 0 Å². The van der Waals surface area contributed by atoms with Gasteiger partial charge in [0.25, 0.3) is 0 Å². The molecule has 144 valence electrons. The fourth-order valence-corrected chi connectivity index (χ4v) is 4.86. The van der Waals surface area contributed by atoms with Gasteiger partial charge < -0.3 is 5.11 Å². The Morgan fingerprint density at radius 2 is 1.68 bits per heavy atom. The van der Waals surface area contributed by atoms with Crippen molar-refractivity contribution in [3.63, 3.8) is 0 Å². The van der Waals surface area contributed by atoms with Crippen molar-refractivity contribution in [2.75, 3.05) is 0 Å². The highest BCUT2D eigenvalue weighted by Crippen LogP contribution is 2.31. The van der Waals surface area contributed by atoms with Crippen LogP contribution in [0.15, 0.2) is 65.7 Å². The molecule has 4 rings (SSSR count). The molecule has 2 heterocycles. The molecular weight excluding hydrogens is 372 g/mol. The lowest BCUT2D eigenvalue weighted by atomic mass is 10.0. The molecule has 1 atom stereocenters. The monoisotopic (exact) mass is 394 g/mol. The van der Waals surface area contributed by atoms with Crippen molar-refractivity contribution in [1.29, 1.82) is 0 Å². The smallest absolute Gasteiger partial charge is 0.243 e. The number of aliphatic hydroxyl groups excluding tert-OH is 1. The van der Waals surface area contributed by atoms with Crippen LogP contribution < -0.4 is 0 Å². The maximum absolute atomic E-state index is 12.9. The van der Waals surface area contributed by atoms with Gasteiger partial charge in [0, 0.05) is 19.3 Å². The van der Waals surface area contributed by atoms with Crippen LogP contribution in [-0.2, 0) is 23.1 Å². The third-order valence-electron chi connectivity index (χ3n) is 5.09. The number of hydrogen-bond acceptors (Lipinski definition) is 4. The van der Waals surface area contributed by atoms with Crippen molar-refractivity contribution in [2.45, 2.75) is 37.9 Å². The van der Waals surface area contributed by atoms with Gasteiger partial charge in [0.2, 0.25) is 10.0 Å². The first-order chi connectivity index (χ1) is 13.3. The number of fused-ring (bicyclic) bond motifs is 1. The Kier molecular flexibility index (Phi) is 4.79. The van der Waals surface area contributed by atoms with Crippen LogP contribution in [0.1, 0.15) is 39.6 Å². The van der Waals surface area contributed by atoms with Crippen LogP contribution in [0.2, 0.25) is 0 Å².